The molecule has 0 aromatic carbocycles. The fourth-order valence-corrected chi connectivity index (χ4v) is 3.22. The number of aryl methyl sites for hydroxylation is 1. The van der Waals surface area contributed by atoms with E-state index >= 15 is 0 Å². The highest BCUT2D eigenvalue weighted by Gasteiger charge is 2.16. The summed E-state index contributed by atoms with van der Waals surface area (Å²) < 4.78 is 0. The Bertz CT molecular complexity index is 786. The highest BCUT2D eigenvalue weighted by Crippen LogP contribution is 2.31. The molecule has 3 aromatic heterocycles. The lowest BCUT2D eigenvalue weighted by Crippen LogP contribution is -2.15. The van der Waals surface area contributed by atoms with Gasteiger partial charge in [0.05, 0.1) is 22.3 Å². The third-order valence-corrected chi connectivity index (χ3v) is 4.49. The Morgan fingerprint density at radius 2 is 2.13 bits per heavy atom. The van der Waals surface area contributed by atoms with E-state index in [4.69, 9.17) is 5.73 Å². The molecule has 0 radical (unpaired) electrons. The number of pyridine rings is 1. The van der Waals surface area contributed by atoms with Gasteiger partial charge in [-0.15, -0.1) is 0 Å². The number of anilines is 1. The molecule has 0 aliphatic heterocycles. The Morgan fingerprint density at radius 3 is 2.87 bits per heavy atom. The standard InChI is InChI=1S/C16H18N6S/c1-3-19-16-21-10(2)14(23-16)12-6-8-20-15(22-12)13(17)11-5-4-7-18-9-11/h4-9,13H,3,17H2,1-2H3,(H,19,21). The number of aromatic nitrogens is 4. The molecule has 3 aromatic rings. The van der Waals surface area contributed by atoms with Gasteiger partial charge in [0.25, 0.3) is 0 Å². The monoisotopic (exact) mass is 326 g/mol. The molecule has 0 aliphatic rings. The van der Waals surface area contributed by atoms with Gasteiger partial charge in [-0.25, -0.2) is 15.0 Å². The minimum atomic E-state index is -0.398. The lowest BCUT2D eigenvalue weighted by Gasteiger charge is -2.10. The number of nitrogens with one attached hydrogen (secondary N) is 1. The van der Waals surface area contributed by atoms with Gasteiger partial charge in [0, 0.05) is 25.1 Å². The Hall–Kier alpha value is -2.38. The van der Waals surface area contributed by atoms with E-state index in [0.717, 1.165) is 33.5 Å². The molecule has 6 nitrogen and oxygen atoms in total. The molecule has 0 saturated heterocycles. The molecule has 3 heterocycles. The van der Waals surface area contributed by atoms with E-state index < -0.39 is 6.04 Å². The zero-order valence-electron chi connectivity index (χ0n) is 13.0. The summed E-state index contributed by atoms with van der Waals surface area (Å²) in [5.74, 6) is 0.577. The van der Waals surface area contributed by atoms with Crippen molar-refractivity contribution in [1.29, 1.82) is 0 Å². The van der Waals surface area contributed by atoms with E-state index in [1.165, 1.54) is 0 Å². The zero-order chi connectivity index (χ0) is 16.2. The molecule has 0 saturated carbocycles. The Labute approximate surface area is 138 Å². The maximum atomic E-state index is 6.26. The molecule has 0 aliphatic carbocycles. The predicted octanol–water partition coefficient (Wildman–Crippen LogP) is 2.78. The molecule has 3 rings (SSSR count). The summed E-state index contributed by atoms with van der Waals surface area (Å²) in [6.45, 7) is 4.87. The maximum Gasteiger partial charge on any atom is 0.183 e. The van der Waals surface area contributed by atoms with Crippen molar-refractivity contribution in [2.75, 3.05) is 11.9 Å². The summed E-state index contributed by atoms with van der Waals surface area (Å²) in [5, 5.41) is 4.13. The summed E-state index contributed by atoms with van der Waals surface area (Å²) in [6, 6.07) is 5.27. The Kier molecular flexibility index (Phi) is 4.59. The largest absolute Gasteiger partial charge is 0.362 e. The molecule has 1 atom stereocenters. The van der Waals surface area contributed by atoms with Crippen molar-refractivity contribution in [3.63, 3.8) is 0 Å². The molecular weight excluding hydrogens is 308 g/mol. The van der Waals surface area contributed by atoms with Crippen LogP contribution >= 0.6 is 11.3 Å². The number of nitrogens with zero attached hydrogens (tertiary/aromatic N) is 4. The Balaban J connectivity index is 1.94. The van der Waals surface area contributed by atoms with E-state index in [1.807, 2.05) is 32.0 Å². The van der Waals surface area contributed by atoms with Crippen LogP contribution in [0.4, 0.5) is 5.13 Å². The highest BCUT2D eigenvalue weighted by molar-refractivity contribution is 7.19. The van der Waals surface area contributed by atoms with Gasteiger partial charge < -0.3 is 11.1 Å². The Morgan fingerprint density at radius 1 is 1.26 bits per heavy atom. The third-order valence-electron chi connectivity index (χ3n) is 3.35. The minimum Gasteiger partial charge on any atom is -0.362 e. The van der Waals surface area contributed by atoms with Gasteiger partial charge in [-0.2, -0.15) is 0 Å². The molecule has 3 N–H and O–H groups in total. The second-order valence-corrected chi connectivity index (χ2v) is 6.03. The lowest BCUT2D eigenvalue weighted by atomic mass is 10.1. The van der Waals surface area contributed by atoms with Crippen molar-refractivity contribution in [2.24, 2.45) is 5.73 Å². The van der Waals surface area contributed by atoms with Gasteiger partial charge >= 0.3 is 0 Å². The normalized spacial score (nSPS) is 12.1. The summed E-state index contributed by atoms with van der Waals surface area (Å²) in [4.78, 5) is 18.6. The fourth-order valence-electron chi connectivity index (χ4n) is 2.22. The van der Waals surface area contributed by atoms with Crippen molar-refractivity contribution in [3.8, 4) is 10.6 Å². The van der Waals surface area contributed by atoms with Crippen LogP contribution in [-0.4, -0.2) is 26.5 Å². The van der Waals surface area contributed by atoms with Crippen LogP contribution in [0, 0.1) is 6.92 Å². The molecule has 0 bridgehead atoms. The average molecular weight is 326 g/mol. The van der Waals surface area contributed by atoms with Gasteiger partial charge in [0.2, 0.25) is 0 Å². The molecule has 118 valence electrons. The van der Waals surface area contributed by atoms with Crippen LogP contribution in [-0.2, 0) is 0 Å². The zero-order valence-corrected chi connectivity index (χ0v) is 13.8. The van der Waals surface area contributed by atoms with Gasteiger partial charge in [-0.1, -0.05) is 17.4 Å². The van der Waals surface area contributed by atoms with E-state index in [-0.39, 0.29) is 0 Å². The van der Waals surface area contributed by atoms with Crippen molar-refractivity contribution >= 4 is 16.5 Å². The summed E-state index contributed by atoms with van der Waals surface area (Å²) in [5.41, 5.74) is 8.94. The van der Waals surface area contributed by atoms with Crippen molar-refractivity contribution in [2.45, 2.75) is 19.9 Å². The molecular formula is C16H18N6S. The van der Waals surface area contributed by atoms with Crippen LogP contribution in [0.25, 0.3) is 10.6 Å². The number of hydrogen-bond donors (Lipinski definition) is 2. The third kappa shape index (κ3) is 3.35. The second-order valence-electron chi connectivity index (χ2n) is 5.03. The van der Waals surface area contributed by atoms with Crippen LogP contribution in [0.15, 0.2) is 36.8 Å². The molecule has 1 unspecified atom stereocenters. The summed E-state index contributed by atoms with van der Waals surface area (Å²) in [6.07, 6.45) is 5.19. The first-order valence-electron chi connectivity index (χ1n) is 7.39. The summed E-state index contributed by atoms with van der Waals surface area (Å²) in [7, 11) is 0. The number of nitrogens with two attached hydrogens (primary N) is 1. The van der Waals surface area contributed by atoms with Crippen molar-refractivity contribution in [1.82, 2.24) is 19.9 Å². The fraction of sp³-hybridized carbons (Fsp3) is 0.250. The van der Waals surface area contributed by atoms with Crippen molar-refractivity contribution < 1.29 is 0 Å². The molecule has 0 fully saturated rings. The van der Waals surface area contributed by atoms with Crippen LogP contribution in [0.1, 0.15) is 30.0 Å². The van der Waals surface area contributed by atoms with Gasteiger partial charge in [-0.05, 0) is 31.5 Å². The van der Waals surface area contributed by atoms with E-state index in [2.05, 4.69) is 25.3 Å². The van der Waals surface area contributed by atoms with Crippen LogP contribution in [0.3, 0.4) is 0 Å². The first kappa shape index (κ1) is 15.5. The molecule has 0 amide bonds. The highest BCUT2D eigenvalue weighted by atomic mass is 32.1. The first-order chi connectivity index (χ1) is 11.2. The summed E-state index contributed by atoms with van der Waals surface area (Å²) >= 11 is 1.59. The maximum absolute atomic E-state index is 6.26. The van der Waals surface area contributed by atoms with E-state index in [1.54, 1.807) is 29.9 Å². The smallest absolute Gasteiger partial charge is 0.183 e. The van der Waals surface area contributed by atoms with Crippen LogP contribution < -0.4 is 11.1 Å². The quantitative estimate of drug-likeness (QED) is 0.749. The van der Waals surface area contributed by atoms with Gasteiger partial charge in [0.15, 0.2) is 5.13 Å². The average Bonchev–Trinajstić information content (AvgIpc) is 2.96. The molecule has 23 heavy (non-hydrogen) atoms. The van der Waals surface area contributed by atoms with E-state index in [0.29, 0.717) is 5.82 Å². The van der Waals surface area contributed by atoms with Gasteiger partial charge in [-0.3, -0.25) is 4.98 Å². The number of hydrogen-bond acceptors (Lipinski definition) is 7. The SMILES string of the molecule is CCNc1nc(C)c(-c2ccnc(C(N)c3cccnc3)n2)s1. The number of thiazole rings is 1. The second kappa shape index (κ2) is 6.80. The first-order valence-corrected chi connectivity index (χ1v) is 8.20. The molecule has 0 spiro atoms. The van der Waals surface area contributed by atoms with Crippen LogP contribution in [0.5, 0.6) is 0 Å². The lowest BCUT2D eigenvalue weighted by molar-refractivity contribution is 0.778. The van der Waals surface area contributed by atoms with Crippen LogP contribution in [0.2, 0.25) is 0 Å². The molecule has 7 heteroatoms. The predicted molar refractivity (Wildman–Crippen MR) is 92.3 cm³/mol. The van der Waals surface area contributed by atoms with Crippen molar-refractivity contribution in [3.05, 3.63) is 53.9 Å². The van der Waals surface area contributed by atoms with Gasteiger partial charge in [0.1, 0.15) is 5.82 Å². The van der Waals surface area contributed by atoms with E-state index in [9.17, 15) is 0 Å². The minimum absolute atomic E-state index is 0.398. The number of rotatable bonds is 5. The topological polar surface area (TPSA) is 89.6 Å².